The van der Waals surface area contributed by atoms with E-state index in [0.717, 1.165) is 61.4 Å². The van der Waals surface area contributed by atoms with E-state index in [1.165, 1.54) is 0 Å². The fraction of sp³-hybridized carbons (Fsp3) is 0.440. The molecule has 3 aromatic rings. The number of benzene rings is 2. The van der Waals surface area contributed by atoms with Crippen LogP contribution in [0.5, 0.6) is 5.75 Å². The maximum absolute atomic E-state index is 11.9. The van der Waals surface area contributed by atoms with E-state index in [1.807, 2.05) is 57.2 Å². The Morgan fingerprint density at radius 1 is 1.00 bits per heavy atom. The molecule has 1 N–H and O–H groups in total. The minimum absolute atomic E-state index is 0.114. The van der Waals surface area contributed by atoms with Crippen molar-refractivity contribution in [3.8, 4) is 5.75 Å². The van der Waals surface area contributed by atoms with Crippen LogP contribution in [0.2, 0.25) is 0 Å². The van der Waals surface area contributed by atoms with Crippen LogP contribution in [0.3, 0.4) is 0 Å². The molecule has 1 amide bonds. The second-order valence-corrected chi connectivity index (χ2v) is 8.65. The van der Waals surface area contributed by atoms with Gasteiger partial charge in [0, 0.05) is 18.4 Å². The van der Waals surface area contributed by atoms with Crippen molar-refractivity contribution in [2.24, 2.45) is 5.41 Å². The lowest BCUT2D eigenvalue weighted by molar-refractivity contribution is -0.128. The molecule has 160 valence electrons. The Kier molecular flexibility index (Phi) is 7.50. The van der Waals surface area contributed by atoms with Crippen molar-refractivity contribution in [2.75, 3.05) is 13.2 Å². The summed E-state index contributed by atoms with van der Waals surface area (Å²) in [5, 5.41) is 3.02. The standard InChI is InChI=1S/C25H33N3O2/c1-25(2,3)24(29)26-17-11-5-8-16-23-27-21-14-9-10-15-22(21)28(23)18-19-30-20-12-6-4-7-13-20/h4,6-7,9-10,12-15H,5,8,11,16-19H2,1-3H3,(H,26,29). The number of nitrogens with zero attached hydrogens (tertiary/aromatic N) is 2. The summed E-state index contributed by atoms with van der Waals surface area (Å²) in [5.41, 5.74) is 1.86. The molecule has 0 aliphatic carbocycles. The zero-order valence-corrected chi connectivity index (χ0v) is 18.4. The number of ether oxygens (including phenoxy) is 1. The van der Waals surface area contributed by atoms with Gasteiger partial charge in [-0.2, -0.15) is 0 Å². The molecule has 5 heteroatoms. The van der Waals surface area contributed by atoms with Crippen molar-refractivity contribution in [1.82, 2.24) is 14.9 Å². The van der Waals surface area contributed by atoms with E-state index in [2.05, 4.69) is 28.1 Å². The monoisotopic (exact) mass is 407 g/mol. The molecule has 0 saturated heterocycles. The molecule has 0 spiro atoms. The molecule has 3 rings (SSSR count). The molecule has 1 heterocycles. The number of unbranched alkanes of at least 4 members (excludes halogenated alkanes) is 2. The Morgan fingerprint density at radius 3 is 2.50 bits per heavy atom. The van der Waals surface area contributed by atoms with Crippen LogP contribution in [0.4, 0.5) is 0 Å². The predicted molar refractivity (Wildman–Crippen MR) is 122 cm³/mol. The minimum Gasteiger partial charge on any atom is -0.492 e. The molecule has 5 nitrogen and oxygen atoms in total. The van der Waals surface area contributed by atoms with Gasteiger partial charge in [0.25, 0.3) is 0 Å². The number of carbonyl (C=O) groups excluding carboxylic acids is 1. The Balaban J connectivity index is 1.52. The number of hydrogen-bond acceptors (Lipinski definition) is 3. The Hall–Kier alpha value is -2.82. The number of fused-ring (bicyclic) bond motifs is 1. The molecule has 0 radical (unpaired) electrons. The highest BCUT2D eigenvalue weighted by molar-refractivity contribution is 5.81. The summed E-state index contributed by atoms with van der Waals surface area (Å²) in [7, 11) is 0. The summed E-state index contributed by atoms with van der Waals surface area (Å²) in [5.74, 6) is 2.11. The molecule has 2 aromatic carbocycles. The molecule has 30 heavy (non-hydrogen) atoms. The fourth-order valence-corrected chi connectivity index (χ4v) is 3.39. The lowest BCUT2D eigenvalue weighted by Gasteiger charge is -2.17. The van der Waals surface area contributed by atoms with Gasteiger partial charge in [0.05, 0.1) is 17.6 Å². The smallest absolute Gasteiger partial charge is 0.225 e. The topological polar surface area (TPSA) is 56.2 Å². The minimum atomic E-state index is -0.327. The van der Waals surface area contributed by atoms with Crippen LogP contribution >= 0.6 is 0 Å². The maximum Gasteiger partial charge on any atom is 0.225 e. The van der Waals surface area contributed by atoms with E-state index in [4.69, 9.17) is 9.72 Å². The largest absolute Gasteiger partial charge is 0.492 e. The zero-order valence-electron chi connectivity index (χ0n) is 18.4. The molecule has 0 unspecified atom stereocenters. The van der Waals surface area contributed by atoms with Gasteiger partial charge >= 0.3 is 0 Å². The van der Waals surface area contributed by atoms with Crippen LogP contribution in [0.25, 0.3) is 11.0 Å². The number of rotatable bonds is 10. The third-order valence-electron chi connectivity index (χ3n) is 5.10. The van der Waals surface area contributed by atoms with E-state index in [-0.39, 0.29) is 11.3 Å². The summed E-state index contributed by atoms with van der Waals surface area (Å²) in [6, 6.07) is 18.2. The van der Waals surface area contributed by atoms with Gasteiger partial charge in [-0.15, -0.1) is 0 Å². The second kappa shape index (κ2) is 10.3. The average Bonchev–Trinajstić information content (AvgIpc) is 3.08. The number of nitrogens with one attached hydrogen (secondary N) is 1. The first-order valence-electron chi connectivity index (χ1n) is 10.9. The molecule has 1 aromatic heterocycles. The van der Waals surface area contributed by atoms with Gasteiger partial charge in [0.1, 0.15) is 18.2 Å². The van der Waals surface area contributed by atoms with Crippen LogP contribution in [0.15, 0.2) is 54.6 Å². The van der Waals surface area contributed by atoms with Crippen molar-refractivity contribution in [3.63, 3.8) is 0 Å². The van der Waals surface area contributed by atoms with Crippen molar-refractivity contribution >= 4 is 16.9 Å². The Labute approximate surface area is 179 Å². The highest BCUT2D eigenvalue weighted by atomic mass is 16.5. The number of imidazole rings is 1. The molecular formula is C25H33N3O2. The van der Waals surface area contributed by atoms with Crippen LogP contribution in [-0.2, 0) is 17.8 Å². The molecule has 0 atom stereocenters. The van der Waals surface area contributed by atoms with Gasteiger partial charge in [0.2, 0.25) is 5.91 Å². The van der Waals surface area contributed by atoms with Gasteiger partial charge in [-0.05, 0) is 37.1 Å². The van der Waals surface area contributed by atoms with Crippen LogP contribution in [-0.4, -0.2) is 28.6 Å². The first kappa shape index (κ1) is 21.9. The summed E-state index contributed by atoms with van der Waals surface area (Å²) < 4.78 is 8.18. The van der Waals surface area contributed by atoms with Crippen molar-refractivity contribution in [3.05, 3.63) is 60.4 Å². The van der Waals surface area contributed by atoms with Crippen molar-refractivity contribution < 1.29 is 9.53 Å². The maximum atomic E-state index is 11.9. The van der Waals surface area contributed by atoms with Gasteiger partial charge in [-0.25, -0.2) is 4.98 Å². The number of carbonyl (C=O) groups is 1. The molecular weight excluding hydrogens is 374 g/mol. The SMILES string of the molecule is CC(C)(C)C(=O)NCCCCCc1nc2ccccc2n1CCOc1ccccc1. The molecule has 0 saturated carbocycles. The summed E-state index contributed by atoms with van der Waals surface area (Å²) >= 11 is 0. The highest BCUT2D eigenvalue weighted by Gasteiger charge is 2.20. The number of aryl methyl sites for hydroxylation is 1. The normalized spacial score (nSPS) is 11.6. The van der Waals surface area contributed by atoms with E-state index in [1.54, 1.807) is 0 Å². The first-order chi connectivity index (χ1) is 14.4. The molecule has 0 aliphatic rings. The molecule has 0 bridgehead atoms. The number of hydrogen-bond donors (Lipinski definition) is 1. The van der Waals surface area contributed by atoms with Crippen molar-refractivity contribution in [1.29, 1.82) is 0 Å². The molecule has 0 fully saturated rings. The van der Waals surface area contributed by atoms with Gasteiger partial charge in [0.15, 0.2) is 0 Å². The summed E-state index contributed by atoms with van der Waals surface area (Å²) in [6.07, 6.45) is 4.02. The number of aromatic nitrogens is 2. The summed E-state index contributed by atoms with van der Waals surface area (Å²) in [4.78, 5) is 16.8. The number of amides is 1. The fourth-order valence-electron chi connectivity index (χ4n) is 3.39. The third-order valence-corrected chi connectivity index (χ3v) is 5.10. The van der Waals surface area contributed by atoms with Crippen LogP contribution in [0, 0.1) is 5.41 Å². The Morgan fingerprint density at radius 2 is 1.73 bits per heavy atom. The van der Waals surface area contributed by atoms with Gasteiger partial charge in [-0.1, -0.05) is 57.5 Å². The highest BCUT2D eigenvalue weighted by Crippen LogP contribution is 2.18. The van der Waals surface area contributed by atoms with Crippen LogP contribution < -0.4 is 10.1 Å². The lowest BCUT2D eigenvalue weighted by atomic mass is 9.96. The number of para-hydroxylation sites is 3. The quantitative estimate of drug-likeness (QED) is 0.482. The van der Waals surface area contributed by atoms with E-state index in [0.29, 0.717) is 6.61 Å². The van der Waals surface area contributed by atoms with Crippen LogP contribution in [0.1, 0.15) is 45.9 Å². The van der Waals surface area contributed by atoms with Gasteiger partial charge < -0.3 is 14.6 Å². The first-order valence-corrected chi connectivity index (χ1v) is 10.9. The summed E-state index contributed by atoms with van der Waals surface area (Å²) in [6.45, 7) is 7.93. The zero-order chi connectivity index (χ0) is 21.4. The molecule has 0 aliphatic heterocycles. The predicted octanol–water partition coefficient (Wildman–Crippen LogP) is 4.99. The van der Waals surface area contributed by atoms with Gasteiger partial charge in [-0.3, -0.25) is 4.79 Å². The van der Waals surface area contributed by atoms with Crippen molar-refractivity contribution in [2.45, 2.75) is 53.0 Å². The lowest BCUT2D eigenvalue weighted by Crippen LogP contribution is -2.35. The average molecular weight is 408 g/mol. The van der Waals surface area contributed by atoms with E-state index < -0.39 is 0 Å². The third kappa shape index (κ3) is 6.09. The van der Waals surface area contributed by atoms with E-state index >= 15 is 0 Å². The second-order valence-electron chi connectivity index (χ2n) is 8.65. The van der Waals surface area contributed by atoms with E-state index in [9.17, 15) is 4.79 Å². The Bertz CT molecular complexity index is 942.